The fourth-order valence-electron chi connectivity index (χ4n) is 1.30. The molecule has 0 N–H and O–H groups in total. The number of esters is 1. The molecule has 0 bridgehead atoms. The highest BCUT2D eigenvalue weighted by molar-refractivity contribution is 6.34. The highest BCUT2D eigenvalue weighted by Gasteiger charge is 2.28. The van der Waals surface area contributed by atoms with Crippen LogP contribution in [0.25, 0.3) is 0 Å². The molecule has 0 atom stereocenters. The van der Waals surface area contributed by atoms with Gasteiger partial charge in [0.05, 0.1) is 10.5 Å². The fourth-order valence-corrected chi connectivity index (χ4v) is 1.59. The monoisotopic (exact) mass is 213 g/mol. The maximum atomic E-state index is 11.0. The zero-order chi connectivity index (χ0) is 10.3. The number of nitrogens with zero attached hydrogens (tertiary/aromatic N) is 1. The van der Waals surface area contributed by atoms with E-state index in [1.807, 2.05) is 0 Å². The third-order valence-electron chi connectivity index (χ3n) is 1.99. The predicted octanol–water partition coefficient (Wildman–Crippen LogP) is 1.92. The predicted molar refractivity (Wildman–Crippen MR) is 47.2 cm³/mol. The van der Waals surface area contributed by atoms with Gasteiger partial charge in [0.2, 0.25) is 0 Å². The van der Waals surface area contributed by atoms with Crippen LogP contribution in [-0.4, -0.2) is 10.9 Å². The topological polar surface area (TPSA) is 69.4 Å². The number of rotatable bonds is 1. The minimum Gasteiger partial charge on any atom is -0.457 e. The van der Waals surface area contributed by atoms with Crippen molar-refractivity contribution in [3.8, 4) is 0 Å². The van der Waals surface area contributed by atoms with E-state index in [2.05, 4.69) is 0 Å². The number of nitro groups is 1. The second-order valence-corrected chi connectivity index (χ2v) is 3.14. The van der Waals surface area contributed by atoms with Gasteiger partial charge in [-0.05, 0) is 6.07 Å². The lowest BCUT2D eigenvalue weighted by Crippen LogP contribution is -1.95. The first-order valence-corrected chi connectivity index (χ1v) is 4.12. The van der Waals surface area contributed by atoms with Gasteiger partial charge in [-0.2, -0.15) is 0 Å². The number of carbonyl (C=O) groups is 1. The minimum absolute atomic E-state index is 0.00861. The standard InChI is InChI=1S/C8H4ClNO4/c9-7-5-3-14-8(11)4(5)1-2-6(7)10(12)13/h1-2H,3H2. The van der Waals surface area contributed by atoms with Crippen molar-refractivity contribution in [1.29, 1.82) is 0 Å². The van der Waals surface area contributed by atoms with Crippen LogP contribution in [0.15, 0.2) is 12.1 Å². The maximum absolute atomic E-state index is 11.0. The molecule has 0 aromatic heterocycles. The molecular formula is C8H4ClNO4. The minimum atomic E-state index is -0.592. The molecule has 0 amide bonds. The zero-order valence-electron chi connectivity index (χ0n) is 6.82. The Labute approximate surface area is 83.4 Å². The molecular weight excluding hydrogens is 210 g/mol. The van der Waals surface area contributed by atoms with E-state index in [0.29, 0.717) is 11.1 Å². The molecule has 1 aliphatic rings. The summed E-state index contributed by atoms with van der Waals surface area (Å²) in [6.07, 6.45) is 0. The summed E-state index contributed by atoms with van der Waals surface area (Å²) in [5.74, 6) is -0.489. The van der Waals surface area contributed by atoms with Gasteiger partial charge >= 0.3 is 5.97 Å². The third-order valence-corrected chi connectivity index (χ3v) is 2.41. The molecule has 0 saturated heterocycles. The number of hydrogen-bond donors (Lipinski definition) is 0. The van der Waals surface area contributed by atoms with E-state index < -0.39 is 10.9 Å². The first kappa shape index (κ1) is 8.96. The molecule has 72 valence electrons. The first-order chi connectivity index (χ1) is 6.61. The Hall–Kier alpha value is -1.62. The van der Waals surface area contributed by atoms with Crippen LogP contribution >= 0.6 is 11.6 Å². The molecule has 5 nitrogen and oxygen atoms in total. The molecule has 0 radical (unpaired) electrons. The van der Waals surface area contributed by atoms with E-state index in [-0.39, 0.29) is 17.3 Å². The Morgan fingerprint density at radius 1 is 1.50 bits per heavy atom. The summed E-state index contributed by atoms with van der Waals surface area (Å²) in [7, 11) is 0. The molecule has 0 saturated carbocycles. The Bertz CT molecular complexity index is 443. The van der Waals surface area contributed by atoms with Crippen molar-refractivity contribution in [3.63, 3.8) is 0 Å². The van der Waals surface area contributed by atoms with Gasteiger partial charge < -0.3 is 4.74 Å². The quantitative estimate of drug-likeness (QED) is 0.406. The van der Waals surface area contributed by atoms with Crippen LogP contribution in [0.1, 0.15) is 15.9 Å². The van der Waals surface area contributed by atoms with E-state index in [9.17, 15) is 14.9 Å². The van der Waals surface area contributed by atoms with Gasteiger partial charge in [-0.1, -0.05) is 11.6 Å². The lowest BCUT2D eigenvalue weighted by Gasteiger charge is -1.98. The summed E-state index contributed by atoms with van der Waals surface area (Å²) < 4.78 is 4.69. The van der Waals surface area contributed by atoms with Gasteiger partial charge in [0.25, 0.3) is 5.69 Å². The van der Waals surface area contributed by atoms with E-state index in [4.69, 9.17) is 16.3 Å². The zero-order valence-corrected chi connectivity index (χ0v) is 7.58. The van der Waals surface area contributed by atoms with Gasteiger partial charge in [0.15, 0.2) is 0 Å². The van der Waals surface area contributed by atoms with Crippen LogP contribution in [-0.2, 0) is 11.3 Å². The Morgan fingerprint density at radius 2 is 2.21 bits per heavy atom. The van der Waals surface area contributed by atoms with Gasteiger partial charge in [0.1, 0.15) is 11.6 Å². The van der Waals surface area contributed by atoms with Crippen molar-refractivity contribution in [2.45, 2.75) is 6.61 Å². The summed E-state index contributed by atoms with van der Waals surface area (Å²) in [5, 5.41) is 10.5. The van der Waals surface area contributed by atoms with Crippen LogP contribution in [0.2, 0.25) is 5.02 Å². The number of cyclic esters (lactones) is 1. The fraction of sp³-hybridized carbons (Fsp3) is 0.125. The summed E-state index contributed by atoms with van der Waals surface area (Å²) in [6, 6.07) is 2.56. The highest BCUT2D eigenvalue weighted by atomic mass is 35.5. The lowest BCUT2D eigenvalue weighted by atomic mass is 10.1. The van der Waals surface area contributed by atoms with E-state index in [0.717, 1.165) is 0 Å². The largest absolute Gasteiger partial charge is 0.457 e. The van der Waals surface area contributed by atoms with Crippen LogP contribution in [0.5, 0.6) is 0 Å². The molecule has 0 unspecified atom stereocenters. The van der Waals surface area contributed by atoms with Gasteiger partial charge in [-0.25, -0.2) is 4.79 Å². The van der Waals surface area contributed by atoms with E-state index in [1.165, 1.54) is 12.1 Å². The van der Waals surface area contributed by atoms with E-state index >= 15 is 0 Å². The molecule has 1 heterocycles. The number of nitro benzene ring substituents is 1. The lowest BCUT2D eigenvalue weighted by molar-refractivity contribution is -0.384. The second kappa shape index (κ2) is 2.95. The molecule has 2 rings (SSSR count). The molecule has 1 aliphatic heterocycles. The number of hydrogen-bond acceptors (Lipinski definition) is 4. The summed E-state index contributed by atoms with van der Waals surface area (Å²) >= 11 is 5.74. The Balaban J connectivity index is 2.64. The third kappa shape index (κ3) is 1.13. The normalized spacial score (nSPS) is 13.6. The smallest absolute Gasteiger partial charge is 0.338 e. The number of halogens is 1. The Morgan fingerprint density at radius 3 is 2.86 bits per heavy atom. The molecule has 0 spiro atoms. The highest BCUT2D eigenvalue weighted by Crippen LogP contribution is 2.34. The van der Waals surface area contributed by atoms with Crippen molar-refractivity contribution in [1.82, 2.24) is 0 Å². The summed E-state index contributed by atoms with van der Waals surface area (Å²) in [4.78, 5) is 21.0. The molecule has 6 heteroatoms. The second-order valence-electron chi connectivity index (χ2n) is 2.76. The number of carbonyl (C=O) groups excluding carboxylic acids is 1. The van der Waals surface area contributed by atoms with Crippen molar-refractivity contribution < 1.29 is 14.5 Å². The maximum Gasteiger partial charge on any atom is 0.338 e. The average Bonchev–Trinajstić information content (AvgIpc) is 2.49. The van der Waals surface area contributed by atoms with Crippen molar-refractivity contribution in [3.05, 3.63) is 38.4 Å². The number of fused-ring (bicyclic) bond motifs is 1. The van der Waals surface area contributed by atoms with Crippen LogP contribution in [0.3, 0.4) is 0 Å². The number of benzene rings is 1. The van der Waals surface area contributed by atoms with Crippen molar-refractivity contribution in [2.24, 2.45) is 0 Å². The van der Waals surface area contributed by atoms with Gasteiger partial charge in [0, 0.05) is 11.6 Å². The number of ether oxygens (including phenoxy) is 1. The summed E-state index contributed by atoms with van der Waals surface area (Å²) in [6.45, 7) is 0.00861. The molecule has 1 aromatic rings. The summed E-state index contributed by atoms with van der Waals surface area (Å²) in [5.41, 5.74) is 0.496. The van der Waals surface area contributed by atoms with Crippen LogP contribution in [0, 0.1) is 10.1 Å². The van der Waals surface area contributed by atoms with Crippen molar-refractivity contribution in [2.75, 3.05) is 0 Å². The van der Waals surface area contributed by atoms with Gasteiger partial charge in [-0.3, -0.25) is 10.1 Å². The van der Waals surface area contributed by atoms with E-state index in [1.54, 1.807) is 0 Å². The Kier molecular flexibility index (Phi) is 1.89. The van der Waals surface area contributed by atoms with Gasteiger partial charge in [-0.15, -0.1) is 0 Å². The average molecular weight is 214 g/mol. The van der Waals surface area contributed by atoms with Crippen molar-refractivity contribution >= 4 is 23.3 Å². The van der Waals surface area contributed by atoms with Crippen LogP contribution < -0.4 is 0 Å². The molecule has 0 aliphatic carbocycles. The molecule has 1 aromatic carbocycles. The first-order valence-electron chi connectivity index (χ1n) is 3.74. The molecule has 14 heavy (non-hydrogen) atoms. The van der Waals surface area contributed by atoms with Crippen LogP contribution in [0.4, 0.5) is 5.69 Å². The SMILES string of the molecule is O=C1OCc2c1ccc([N+](=O)[O-])c2Cl. The molecule has 0 fully saturated rings.